The van der Waals surface area contributed by atoms with E-state index in [1.807, 2.05) is 0 Å². The number of aliphatic hydroxyl groups excluding tert-OH is 3. The third kappa shape index (κ3) is 1.85. The van der Waals surface area contributed by atoms with Crippen LogP contribution in [-0.4, -0.2) is 33.6 Å². The molecule has 3 N–H and O–H groups in total. The molecule has 0 radical (unpaired) electrons. The lowest BCUT2D eigenvalue weighted by molar-refractivity contribution is -0.0856. The van der Waals surface area contributed by atoms with Crippen LogP contribution in [0, 0.1) is 28.6 Å². The second-order valence-corrected chi connectivity index (χ2v) is 8.92. The van der Waals surface area contributed by atoms with Crippen LogP contribution in [0.3, 0.4) is 0 Å². The third-order valence-electron chi connectivity index (χ3n) is 8.06. The zero-order chi connectivity index (χ0) is 15.7. The van der Waals surface area contributed by atoms with Crippen molar-refractivity contribution in [3.63, 3.8) is 0 Å². The van der Waals surface area contributed by atoms with E-state index in [4.69, 9.17) is 0 Å². The Kier molecular flexibility index (Phi) is 3.32. The van der Waals surface area contributed by atoms with Gasteiger partial charge in [-0.15, -0.1) is 0 Å². The monoisotopic (exact) mass is 306 g/mol. The second-order valence-electron chi connectivity index (χ2n) is 8.92. The Morgan fingerprint density at radius 3 is 2.55 bits per heavy atom. The van der Waals surface area contributed by atoms with Gasteiger partial charge in [-0.3, -0.25) is 0 Å². The Morgan fingerprint density at radius 2 is 1.77 bits per heavy atom. The van der Waals surface area contributed by atoms with Crippen LogP contribution in [0.25, 0.3) is 0 Å². The van der Waals surface area contributed by atoms with Crippen LogP contribution in [0.1, 0.15) is 58.8 Å². The summed E-state index contributed by atoms with van der Waals surface area (Å²) in [6.07, 6.45) is 8.00. The van der Waals surface area contributed by atoms with Crippen LogP contribution in [-0.2, 0) is 0 Å². The molecule has 3 nitrogen and oxygen atoms in total. The highest BCUT2D eigenvalue weighted by atomic mass is 16.3. The van der Waals surface area contributed by atoms with Gasteiger partial charge in [0.15, 0.2) is 0 Å². The first-order valence-corrected chi connectivity index (χ1v) is 9.11. The van der Waals surface area contributed by atoms with Crippen LogP contribution in [0.4, 0.5) is 0 Å². The highest BCUT2D eigenvalue weighted by Gasteiger charge is 2.60. The minimum absolute atomic E-state index is 0.0909. The summed E-state index contributed by atoms with van der Waals surface area (Å²) < 4.78 is 0. The molecular formula is C19H30O3. The predicted molar refractivity (Wildman–Crippen MR) is 85.1 cm³/mol. The maximum atomic E-state index is 10.5. The van der Waals surface area contributed by atoms with E-state index < -0.39 is 12.2 Å². The molecule has 3 saturated carbocycles. The Labute approximate surface area is 133 Å². The van der Waals surface area contributed by atoms with Crippen molar-refractivity contribution in [1.82, 2.24) is 0 Å². The largest absolute Gasteiger partial charge is 0.390 e. The van der Waals surface area contributed by atoms with Gasteiger partial charge in [0.2, 0.25) is 0 Å². The lowest BCUT2D eigenvalue weighted by atomic mass is 9.47. The summed E-state index contributed by atoms with van der Waals surface area (Å²) in [5.74, 6) is 1.75. The summed E-state index contributed by atoms with van der Waals surface area (Å²) in [6, 6.07) is 0. The van der Waals surface area contributed by atoms with Crippen molar-refractivity contribution in [3.05, 3.63) is 11.6 Å². The van der Waals surface area contributed by atoms with Crippen LogP contribution < -0.4 is 0 Å². The van der Waals surface area contributed by atoms with Gasteiger partial charge in [0.25, 0.3) is 0 Å². The zero-order valence-corrected chi connectivity index (χ0v) is 13.8. The molecule has 0 aromatic carbocycles. The highest BCUT2D eigenvalue weighted by molar-refractivity contribution is 5.25. The maximum absolute atomic E-state index is 10.5. The van der Waals surface area contributed by atoms with Gasteiger partial charge < -0.3 is 15.3 Å². The van der Waals surface area contributed by atoms with Crippen LogP contribution in [0.2, 0.25) is 0 Å². The van der Waals surface area contributed by atoms with Crippen LogP contribution in [0.15, 0.2) is 11.6 Å². The summed E-state index contributed by atoms with van der Waals surface area (Å²) >= 11 is 0. The van der Waals surface area contributed by atoms with Crippen molar-refractivity contribution in [2.24, 2.45) is 28.6 Å². The summed E-state index contributed by atoms with van der Waals surface area (Å²) in [5, 5.41) is 30.7. The van der Waals surface area contributed by atoms with E-state index in [0.717, 1.165) is 38.5 Å². The SMILES string of the molecule is C[C@]12CCC(O)C=C1CC[C@@H]1[C@@H]2CC[C@]2(C)C(O)[C@H](O)C[C@@H]12. The van der Waals surface area contributed by atoms with Gasteiger partial charge in [0, 0.05) is 0 Å². The number of allylic oxidation sites excluding steroid dienone is 1. The molecule has 0 amide bonds. The molecule has 3 fully saturated rings. The molecule has 0 aromatic rings. The molecule has 0 bridgehead atoms. The van der Waals surface area contributed by atoms with Gasteiger partial charge in [-0.1, -0.05) is 25.5 Å². The summed E-state index contributed by atoms with van der Waals surface area (Å²) in [6.45, 7) is 4.61. The Hall–Kier alpha value is -0.380. The number of rotatable bonds is 0. The third-order valence-corrected chi connectivity index (χ3v) is 8.06. The molecule has 4 rings (SSSR count). The normalized spacial score (nSPS) is 57.6. The fourth-order valence-electron chi connectivity index (χ4n) is 6.70. The first-order chi connectivity index (χ1) is 10.4. The molecule has 0 saturated heterocycles. The number of hydrogen-bond donors (Lipinski definition) is 3. The van der Waals surface area contributed by atoms with E-state index in [2.05, 4.69) is 19.9 Å². The van der Waals surface area contributed by atoms with Crippen molar-refractivity contribution in [2.45, 2.75) is 77.1 Å². The summed E-state index contributed by atoms with van der Waals surface area (Å²) in [4.78, 5) is 0. The van der Waals surface area contributed by atoms with Crippen molar-refractivity contribution >= 4 is 0 Å². The van der Waals surface area contributed by atoms with Gasteiger partial charge in [0.05, 0.1) is 18.3 Å². The first-order valence-electron chi connectivity index (χ1n) is 9.11. The molecule has 4 aliphatic rings. The van der Waals surface area contributed by atoms with E-state index in [1.54, 1.807) is 0 Å². The van der Waals surface area contributed by atoms with Crippen LogP contribution >= 0.6 is 0 Å². The van der Waals surface area contributed by atoms with Gasteiger partial charge in [-0.05, 0) is 73.5 Å². The number of hydrogen-bond acceptors (Lipinski definition) is 3. The lowest BCUT2D eigenvalue weighted by Crippen LogP contribution is -2.51. The van der Waals surface area contributed by atoms with E-state index in [1.165, 1.54) is 12.0 Å². The first kappa shape index (κ1) is 15.2. The molecular weight excluding hydrogens is 276 g/mol. The molecule has 0 heterocycles. The molecule has 0 aromatic heterocycles. The average Bonchev–Trinajstić information content (AvgIpc) is 2.72. The Balaban J connectivity index is 1.68. The lowest BCUT2D eigenvalue weighted by Gasteiger charge is -2.58. The van der Waals surface area contributed by atoms with Gasteiger partial charge in [0.1, 0.15) is 0 Å². The van der Waals surface area contributed by atoms with Crippen molar-refractivity contribution in [1.29, 1.82) is 0 Å². The van der Waals surface area contributed by atoms with Crippen LogP contribution in [0.5, 0.6) is 0 Å². The fourth-order valence-corrected chi connectivity index (χ4v) is 6.70. The topological polar surface area (TPSA) is 60.7 Å². The van der Waals surface area contributed by atoms with Crippen molar-refractivity contribution in [3.8, 4) is 0 Å². The van der Waals surface area contributed by atoms with Gasteiger partial charge in [-0.2, -0.15) is 0 Å². The highest BCUT2D eigenvalue weighted by Crippen LogP contribution is 2.65. The van der Waals surface area contributed by atoms with Crippen molar-refractivity contribution < 1.29 is 15.3 Å². The standard InChI is InChI=1S/C19H30O3/c1-18-7-5-12(20)9-11(18)3-4-13-14(18)6-8-19(2)15(13)10-16(21)17(19)22/h9,12-17,20-22H,3-8,10H2,1-2H3/t12?,13-,14+,15+,16-,17?,18+,19+/m1/s1. The van der Waals surface area contributed by atoms with E-state index in [0.29, 0.717) is 17.8 Å². The minimum atomic E-state index is -0.545. The summed E-state index contributed by atoms with van der Waals surface area (Å²) in [7, 11) is 0. The average molecular weight is 306 g/mol. The number of aliphatic hydroxyl groups is 3. The Morgan fingerprint density at radius 1 is 1.00 bits per heavy atom. The molecule has 0 spiro atoms. The molecule has 2 unspecified atom stereocenters. The quantitative estimate of drug-likeness (QED) is 0.603. The summed E-state index contributed by atoms with van der Waals surface area (Å²) in [5.41, 5.74) is 1.63. The predicted octanol–water partition coefficient (Wildman–Crippen LogP) is 2.64. The molecule has 124 valence electrons. The smallest absolute Gasteiger partial charge is 0.0855 e. The zero-order valence-electron chi connectivity index (χ0n) is 13.8. The number of fused-ring (bicyclic) bond motifs is 5. The molecule has 4 aliphatic carbocycles. The molecule has 0 aliphatic heterocycles. The van der Waals surface area contributed by atoms with Gasteiger partial charge in [-0.25, -0.2) is 0 Å². The van der Waals surface area contributed by atoms with E-state index >= 15 is 0 Å². The second kappa shape index (κ2) is 4.81. The molecule has 22 heavy (non-hydrogen) atoms. The fraction of sp³-hybridized carbons (Fsp3) is 0.895. The van der Waals surface area contributed by atoms with E-state index in [-0.39, 0.29) is 16.9 Å². The van der Waals surface area contributed by atoms with Gasteiger partial charge >= 0.3 is 0 Å². The van der Waals surface area contributed by atoms with E-state index in [9.17, 15) is 15.3 Å². The molecule has 3 heteroatoms. The maximum Gasteiger partial charge on any atom is 0.0855 e. The Bertz CT molecular complexity index is 501. The van der Waals surface area contributed by atoms with Crippen molar-refractivity contribution in [2.75, 3.05) is 0 Å². The molecule has 8 atom stereocenters. The minimum Gasteiger partial charge on any atom is -0.390 e.